The summed E-state index contributed by atoms with van der Waals surface area (Å²) in [6, 6.07) is 21.1. The predicted molar refractivity (Wildman–Crippen MR) is 142 cm³/mol. The molecule has 4 rings (SSSR count). The van der Waals surface area contributed by atoms with Crippen LogP contribution in [0.3, 0.4) is 0 Å². The second-order valence-corrected chi connectivity index (χ2v) is 11.3. The summed E-state index contributed by atoms with van der Waals surface area (Å²) in [6.45, 7) is 4.28. The van der Waals surface area contributed by atoms with Crippen LogP contribution in [-0.4, -0.2) is 20.6 Å². The summed E-state index contributed by atoms with van der Waals surface area (Å²) in [4.78, 5) is 13.0. The molecule has 184 valence electrons. The quantitative estimate of drug-likeness (QED) is 0.439. The number of anilines is 1. The molecule has 0 radical (unpaired) electrons. The number of sulfonamides is 1. The van der Waals surface area contributed by atoms with Gasteiger partial charge in [-0.3, -0.25) is 9.10 Å². The highest BCUT2D eigenvalue weighted by molar-refractivity contribution is 7.92. The minimum Gasteiger partial charge on any atom is -0.345 e. The van der Waals surface area contributed by atoms with E-state index in [9.17, 15) is 13.2 Å². The van der Waals surface area contributed by atoms with Crippen molar-refractivity contribution in [2.45, 2.75) is 58.5 Å². The van der Waals surface area contributed by atoms with Crippen molar-refractivity contribution in [3.8, 4) is 0 Å². The highest BCUT2D eigenvalue weighted by Gasteiger charge is 2.20. The van der Waals surface area contributed by atoms with Crippen molar-refractivity contribution >= 4 is 21.6 Å². The first-order valence-corrected chi connectivity index (χ1v) is 14.2. The van der Waals surface area contributed by atoms with Gasteiger partial charge >= 0.3 is 0 Å². The van der Waals surface area contributed by atoms with E-state index in [0.717, 1.165) is 36.0 Å². The van der Waals surface area contributed by atoms with Gasteiger partial charge in [0, 0.05) is 5.56 Å². The van der Waals surface area contributed by atoms with E-state index < -0.39 is 10.0 Å². The lowest BCUT2D eigenvalue weighted by molar-refractivity contribution is 0.0935. The maximum absolute atomic E-state index is 13.0. The van der Waals surface area contributed by atoms with Crippen molar-refractivity contribution in [3.05, 3.63) is 100 Å². The monoisotopic (exact) mass is 490 g/mol. The van der Waals surface area contributed by atoms with Crippen molar-refractivity contribution < 1.29 is 13.2 Å². The van der Waals surface area contributed by atoms with Crippen molar-refractivity contribution in [1.82, 2.24) is 5.32 Å². The Morgan fingerprint density at radius 3 is 2.31 bits per heavy atom. The number of amides is 1. The Kier molecular flexibility index (Phi) is 7.60. The highest BCUT2D eigenvalue weighted by Crippen LogP contribution is 2.27. The van der Waals surface area contributed by atoms with Crippen molar-refractivity contribution in [1.29, 1.82) is 0 Å². The van der Waals surface area contributed by atoms with Crippen LogP contribution >= 0.6 is 0 Å². The van der Waals surface area contributed by atoms with Gasteiger partial charge in [0.2, 0.25) is 10.0 Å². The van der Waals surface area contributed by atoms with Gasteiger partial charge in [0.1, 0.15) is 0 Å². The molecule has 1 aliphatic rings. The zero-order valence-corrected chi connectivity index (χ0v) is 21.6. The summed E-state index contributed by atoms with van der Waals surface area (Å²) in [5, 5.41) is 3.16. The molecule has 0 saturated carbocycles. The van der Waals surface area contributed by atoms with E-state index in [4.69, 9.17) is 0 Å². The fraction of sp³-hybridized carbons (Fsp3) is 0.345. The number of carbonyl (C=O) groups excluding carboxylic acids is 1. The van der Waals surface area contributed by atoms with E-state index in [1.54, 1.807) is 24.3 Å². The predicted octanol–water partition coefficient (Wildman–Crippen LogP) is 5.72. The van der Waals surface area contributed by atoms with Crippen molar-refractivity contribution in [2.24, 2.45) is 0 Å². The topological polar surface area (TPSA) is 66.5 Å². The fourth-order valence-electron chi connectivity index (χ4n) is 4.75. The van der Waals surface area contributed by atoms with E-state index in [0.29, 0.717) is 11.3 Å². The fourth-order valence-corrected chi connectivity index (χ4v) is 5.63. The molecule has 5 nitrogen and oxygen atoms in total. The first kappa shape index (κ1) is 25.0. The average molecular weight is 491 g/mol. The van der Waals surface area contributed by atoms with Crippen LogP contribution in [0, 0.1) is 6.92 Å². The molecular formula is C29H34N2O3S. The largest absolute Gasteiger partial charge is 0.345 e. The maximum Gasteiger partial charge on any atom is 0.251 e. The van der Waals surface area contributed by atoms with Crippen LogP contribution in [0.25, 0.3) is 0 Å². The van der Waals surface area contributed by atoms with Crippen molar-refractivity contribution in [2.75, 3.05) is 10.6 Å². The summed E-state index contributed by atoms with van der Waals surface area (Å²) in [6.07, 6.45) is 6.71. The molecule has 1 atom stereocenters. The van der Waals surface area contributed by atoms with Gasteiger partial charge in [-0.2, -0.15) is 0 Å². The average Bonchev–Trinajstić information content (AvgIpc) is 2.86. The number of aryl methyl sites for hydroxylation is 3. The van der Waals surface area contributed by atoms with Gasteiger partial charge in [-0.25, -0.2) is 8.42 Å². The molecule has 0 spiro atoms. The molecule has 1 N–H and O–H groups in total. The third-order valence-corrected chi connectivity index (χ3v) is 8.02. The minimum absolute atomic E-state index is 0.0667. The summed E-state index contributed by atoms with van der Waals surface area (Å²) < 4.78 is 26.5. The van der Waals surface area contributed by atoms with Gasteiger partial charge in [-0.1, -0.05) is 49.4 Å². The van der Waals surface area contributed by atoms with Gasteiger partial charge in [-0.05, 0) is 91.1 Å². The summed E-state index contributed by atoms with van der Waals surface area (Å²) >= 11 is 0. The molecule has 35 heavy (non-hydrogen) atoms. The SMILES string of the molecule is CC[C@@H](NC(=O)c1ccc(N(Cc2ccccc2C)S(C)(=O)=O)cc1)c1ccc2c(c1)CCCC2. The second kappa shape index (κ2) is 10.6. The molecule has 3 aromatic rings. The number of hydrogen-bond donors (Lipinski definition) is 1. The van der Waals surface area contributed by atoms with Crippen LogP contribution < -0.4 is 9.62 Å². The molecule has 1 amide bonds. The third kappa shape index (κ3) is 5.93. The lowest BCUT2D eigenvalue weighted by Crippen LogP contribution is -2.30. The first-order chi connectivity index (χ1) is 16.8. The Morgan fingerprint density at radius 2 is 1.66 bits per heavy atom. The van der Waals surface area contributed by atoms with Gasteiger partial charge < -0.3 is 5.32 Å². The standard InChI is InChI=1S/C29H34N2O3S/c1-4-28(25-14-13-22-10-7-8-11-24(22)19-25)30-29(32)23-15-17-27(18-16-23)31(35(3,33)34)20-26-12-6-5-9-21(26)2/h5-6,9,12-19,28H,4,7-8,10-11,20H2,1-3H3,(H,30,32)/t28-/m1/s1. The van der Waals surface area contributed by atoms with Crippen molar-refractivity contribution in [3.63, 3.8) is 0 Å². The lowest BCUT2D eigenvalue weighted by Gasteiger charge is -2.24. The maximum atomic E-state index is 13.0. The van der Waals surface area contributed by atoms with Crippen LogP contribution in [0.4, 0.5) is 5.69 Å². The molecular weight excluding hydrogens is 456 g/mol. The molecule has 0 aromatic heterocycles. The van der Waals surface area contributed by atoms with E-state index in [-0.39, 0.29) is 18.5 Å². The molecule has 0 fully saturated rings. The van der Waals surface area contributed by atoms with Crippen LogP contribution in [0.1, 0.15) is 70.4 Å². The normalized spacial score (nSPS) is 14.1. The molecule has 3 aromatic carbocycles. The number of nitrogens with zero attached hydrogens (tertiary/aromatic N) is 1. The Morgan fingerprint density at radius 1 is 0.971 bits per heavy atom. The number of hydrogen-bond acceptors (Lipinski definition) is 3. The molecule has 0 bridgehead atoms. The molecule has 0 aliphatic heterocycles. The van der Waals surface area contributed by atoms with Crippen LogP contribution in [0.15, 0.2) is 66.7 Å². The molecule has 1 aliphatic carbocycles. The van der Waals surface area contributed by atoms with E-state index >= 15 is 0 Å². The number of rotatable bonds is 8. The van der Waals surface area contributed by atoms with Gasteiger partial charge in [-0.15, -0.1) is 0 Å². The number of nitrogens with one attached hydrogen (secondary N) is 1. The summed E-state index contributed by atoms with van der Waals surface area (Å²) in [5.41, 5.74) is 6.99. The van der Waals surface area contributed by atoms with Crippen LogP contribution in [-0.2, 0) is 29.4 Å². The van der Waals surface area contributed by atoms with E-state index in [1.807, 2.05) is 31.2 Å². The molecule has 0 heterocycles. The Labute approximate surface area is 209 Å². The summed E-state index contributed by atoms with van der Waals surface area (Å²) in [7, 11) is -3.50. The highest BCUT2D eigenvalue weighted by atomic mass is 32.2. The zero-order valence-electron chi connectivity index (χ0n) is 20.8. The van der Waals surface area contributed by atoms with E-state index in [2.05, 4.69) is 30.4 Å². The molecule has 0 unspecified atom stereocenters. The van der Waals surface area contributed by atoms with Gasteiger partial charge in [0.05, 0.1) is 24.5 Å². The molecule has 0 saturated heterocycles. The number of benzene rings is 3. The first-order valence-electron chi connectivity index (χ1n) is 12.3. The second-order valence-electron chi connectivity index (χ2n) is 9.41. The van der Waals surface area contributed by atoms with Crippen LogP contribution in [0.5, 0.6) is 0 Å². The van der Waals surface area contributed by atoms with Crippen LogP contribution in [0.2, 0.25) is 0 Å². The van der Waals surface area contributed by atoms with Gasteiger partial charge in [0.25, 0.3) is 5.91 Å². The Hall–Kier alpha value is -3.12. The zero-order chi connectivity index (χ0) is 25.0. The smallest absolute Gasteiger partial charge is 0.251 e. The minimum atomic E-state index is -3.50. The molecule has 6 heteroatoms. The van der Waals surface area contributed by atoms with E-state index in [1.165, 1.54) is 34.5 Å². The Bertz CT molecular complexity index is 1300. The third-order valence-electron chi connectivity index (χ3n) is 6.88. The lowest BCUT2D eigenvalue weighted by atomic mass is 9.88. The summed E-state index contributed by atoms with van der Waals surface area (Å²) in [5.74, 6) is -0.161. The number of carbonyl (C=O) groups is 1. The van der Waals surface area contributed by atoms with Gasteiger partial charge in [0.15, 0.2) is 0 Å². The Balaban J connectivity index is 1.50. The number of fused-ring (bicyclic) bond motifs is 1.